The van der Waals surface area contributed by atoms with Crippen molar-refractivity contribution in [2.75, 3.05) is 20.3 Å². The molecule has 0 aliphatic carbocycles. The lowest BCUT2D eigenvalue weighted by molar-refractivity contribution is -0.114. The number of thioether (sulfide) groups is 1. The lowest BCUT2D eigenvalue weighted by Crippen LogP contribution is -2.35. The average molecular weight is 521 g/mol. The normalized spacial score (nSPS) is 17.0. The number of fused-ring (bicyclic) bond motifs is 1. The third kappa shape index (κ3) is 5.88. The zero-order valence-electron chi connectivity index (χ0n) is 21.8. The highest BCUT2D eigenvalue weighted by molar-refractivity contribution is 8.27. The highest BCUT2D eigenvalue weighted by atomic mass is 32.2. The number of methoxy groups -OCH3 is 1. The molecule has 4 rings (SSSR count). The second-order valence-corrected chi connectivity index (χ2v) is 10.1. The number of nitrogens with zero attached hydrogens (tertiary/aromatic N) is 3. The molecule has 2 aliphatic heterocycles. The fourth-order valence-electron chi connectivity index (χ4n) is 3.84. The summed E-state index contributed by atoms with van der Waals surface area (Å²) in [6.45, 7) is 9.11. The van der Waals surface area contributed by atoms with Crippen LogP contribution < -0.4 is 14.2 Å². The van der Waals surface area contributed by atoms with E-state index < -0.39 is 5.91 Å². The molecule has 37 heavy (non-hydrogen) atoms. The summed E-state index contributed by atoms with van der Waals surface area (Å²) in [5, 5.41) is 15.7. The van der Waals surface area contributed by atoms with E-state index in [1.807, 2.05) is 38.1 Å². The second-order valence-electron chi connectivity index (χ2n) is 9.07. The Balaban J connectivity index is 1.43. The van der Waals surface area contributed by atoms with Crippen LogP contribution in [0.5, 0.6) is 17.2 Å². The molecule has 0 saturated carbocycles. The zero-order chi connectivity index (χ0) is 26.5. The van der Waals surface area contributed by atoms with Crippen molar-refractivity contribution in [1.29, 1.82) is 5.41 Å². The predicted molar refractivity (Wildman–Crippen MR) is 149 cm³/mol. The monoisotopic (exact) mass is 520 g/mol. The van der Waals surface area contributed by atoms with Crippen LogP contribution in [0, 0.1) is 11.3 Å². The summed E-state index contributed by atoms with van der Waals surface area (Å²) in [4.78, 5) is 16.8. The fraction of sp³-hybridized carbons (Fsp3) is 0.357. The highest BCUT2D eigenvalue weighted by Gasteiger charge is 2.36. The Labute approximate surface area is 221 Å². The van der Waals surface area contributed by atoms with Crippen LogP contribution in [0.3, 0.4) is 0 Å². The molecule has 2 aliphatic rings. The number of para-hydroxylation sites is 1. The van der Waals surface area contributed by atoms with Crippen LogP contribution in [0.15, 0.2) is 58.1 Å². The zero-order valence-corrected chi connectivity index (χ0v) is 22.6. The van der Waals surface area contributed by atoms with Crippen molar-refractivity contribution in [2.24, 2.45) is 16.0 Å². The van der Waals surface area contributed by atoms with Crippen molar-refractivity contribution in [3.63, 3.8) is 0 Å². The van der Waals surface area contributed by atoms with Gasteiger partial charge in [0.15, 0.2) is 17.3 Å². The van der Waals surface area contributed by atoms with Gasteiger partial charge in [-0.1, -0.05) is 52.0 Å². The van der Waals surface area contributed by atoms with Crippen molar-refractivity contribution >= 4 is 39.8 Å². The van der Waals surface area contributed by atoms with Crippen molar-refractivity contribution in [3.05, 3.63) is 59.2 Å². The summed E-state index contributed by atoms with van der Waals surface area (Å²) in [6, 6.07) is 13.4. The molecular weight excluding hydrogens is 488 g/mol. The van der Waals surface area contributed by atoms with E-state index in [4.69, 9.17) is 19.6 Å². The van der Waals surface area contributed by atoms with Gasteiger partial charge in [-0.15, -0.1) is 0 Å². The Bertz CT molecular complexity index is 1280. The van der Waals surface area contributed by atoms with Gasteiger partial charge >= 0.3 is 0 Å². The molecule has 0 fully saturated rings. The molecule has 9 heteroatoms. The quantitative estimate of drug-likeness (QED) is 0.308. The van der Waals surface area contributed by atoms with Crippen LogP contribution in [0.4, 0.5) is 0 Å². The van der Waals surface area contributed by atoms with Gasteiger partial charge in [-0.3, -0.25) is 10.2 Å². The molecule has 0 radical (unpaired) electrons. The molecule has 0 unspecified atom stereocenters. The standard InChI is InChI=1S/C28H32N4O4S/c1-6-18(4)20-9-7-8-10-22(20)35-13-14-36-23-12-11-19(16-24(23)34-5)15-21-25(29)32-28(30-26(21)33)37-27(31-32)17(2)3/h7-12,15-18,29H,6,13-14H2,1-5H3/b21-15-,29-25?/t18-/m1/s1. The largest absolute Gasteiger partial charge is 0.493 e. The highest BCUT2D eigenvalue weighted by Crippen LogP contribution is 2.33. The van der Waals surface area contributed by atoms with Crippen molar-refractivity contribution in [1.82, 2.24) is 5.01 Å². The molecule has 8 nitrogen and oxygen atoms in total. The number of carbonyl (C=O) groups excluding carboxylic acids is 1. The minimum Gasteiger partial charge on any atom is -0.493 e. The van der Waals surface area contributed by atoms with Crippen LogP contribution in [0.1, 0.15) is 51.2 Å². The van der Waals surface area contributed by atoms with E-state index in [0.717, 1.165) is 17.2 Å². The summed E-state index contributed by atoms with van der Waals surface area (Å²) in [5.74, 6) is 2.11. The number of hydrazone groups is 1. The van der Waals surface area contributed by atoms with Crippen LogP contribution in [-0.4, -0.2) is 47.3 Å². The van der Waals surface area contributed by atoms with Gasteiger partial charge in [-0.05, 0) is 59.5 Å². The molecular formula is C28H32N4O4S. The molecule has 1 amide bonds. The summed E-state index contributed by atoms with van der Waals surface area (Å²) in [7, 11) is 1.56. The van der Waals surface area contributed by atoms with Gasteiger partial charge in [-0.2, -0.15) is 15.1 Å². The fourth-order valence-corrected chi connectivity index (χ4v) is 4.73. The smallest absolute Gasteiger partial charge is 0.283 e. The maximum Gasteiger partial charge on any atom is 0.283 e. The van der Waals surface area contributed by atoms with Crippen molar-refractivity contribution in [2.45, 2.75) is 40.0 Å². The molecule has 2 aromatic carbocycles. The number of aliphatic imine (C=N–C) groups is 1. The molecule has 0 spiro atoms. The number of amidine groups is 2. The van der Waals surface area contributed by atoms with Crippen LogP contribution >= 0.6 is 11.8 Å². The number of hydrogen-bond acceptors (Lipinski definition) is 7. The molecule has 1 atom stereocenters. The number of amides is 1. The lowest BCUT2D eigenvalue weighted by atomic mass is 9.98. The Kier molecular flexibility index (Phi) is 8.33. The van der Waals surface area contributed by atoms with Crippen LogP contribution in [-0.2, 0) is 4.79 Å². The van der Waals surface area contributed by atoms with E-state index in [2.05, 4.69) is 30.0 Å². The van der Waals surface area contributed by atoms with Gasteiger partial charge < -0.3 is 14.2 Å². The Morgan fingerprint density at radius 2 is 1.78 bits per heavy atom. The first kappa shape index (κ1) is 26.5. The van der Waals surface area contributed by atoms with Gasteiger partial charge in [-0.25, -0.2) is 0 Å². The number of hydrogen-bond donors (Lipinski definition) is 1. The Morgan fingerprint density at radius 1 is 1.05 bits per heavy atom. The summed E-state index contributed by atoms with van der Waals surface area (Å²) in [5.41, 5.74) is 2.05. The SMILES string of the molecule is CC[C@@H](C)c1ccccc1OCCOc1ccc(/C=C2/C(=N)N3N=C(C(C)C)SC3=NC2=O)cc1OC. The number of benzene rings is 2. The van der Waals surface area contributed by atoms with Gasteiger partial charge in [0.1, 0.15) is 24.0 Å². The van der Waals surface area contributed by atoms with E-state index in [1.54, 1.807) is 25.3 Å². The molecule has 194 valence electrons. The van der Waals surface area contributed by atoms with E-state index in [0.29, 0.717) is 41.4 Å². The minimum atomic E-state index is -0.460. The lowest BCUT2D eigenvalue weighted by Gasteiger charge is -2.20. The molecule has 0 bridgehead atoms. The maximum absolute atomic E-state index is 12.7. The average Bonchev–Trinajstić information content (AvgIpc) is 3.34. The van der Waals surface area contributed by atoms with Gasteiger partial charge in [0.05, 0.1) is 12.7 Å². The molecule has 2 heterocycles. The first-order valence-corrected chi connectivity index (χ1v) is 13.2. The number of carbonyl (C=O) groups is 1. The molecule has 0 aromatic heterocycles. The van der Waals surface area contributed by atoms with E-state index in [-0.39, 0.29) is 17.3 Å². The first-order chi connectivity index (χ1) is 17.8. The molecule has 2 aromatic rings. The predicted octanol–water partition coefficient (Wildman–Crippen LogP) is 5.94. The van der Waals surface area contributed by atoms with Crippen LogP contribution in [0.2, 0.25) is 0 Å². The van der Waals surface area contributed by atoms with Gasteiger partial charge in [0.2, 0.25) is 5.17 Å². The number of nitrogens with one attached hydrogen (secondary N) is 1. The van der Waals surface area contributed by atoms with Crippen molar-refractivity contribution < 1.29 is 19.0 Å². The van der Waals surface area contributed by atoms with Crippen LogP contribution in [0.25, 0.3) is 6.08 Å². The number of rotatable bonds is 10. The van der Waals surface area contributed by atoms with E-state index in [1.165, 1.54) is 22.3 Å². The van der Waals surface area contributed by atoms with Crippen molar-refractivity contribution in [3.8, 4) is 17.2 Å². The topological polar surface area (TPSA) is 96.6 Å². The molecule has 1 N–H and O–H groups in total. The summed E-state index contributed by atoms with van der Waals surface area (Å²) >= 11 is 1.33. The Hall–Kier alpha value is -3.59. The molecule has 0 saturated heterocycles. The summed E-state index contributed by atoms with van der Waals surface area (Å²) in [6.07, 6.45) is 2.66. The maximum atomic E-state index is 12.7. The minimum absolute atomic E-state index is 0.00673. The first-order valence-electron chi connectivity index (χ1n) is 12.3. The number of ether oxygens (including phenoxy) is 3. The van der Waals surface area contributed by atoms with Gasteiger partial charge in [0, 0.05) is 5.92 Å². The van der Waals surface area contributed by atoms with E-state index in [9.17, 15) is 4.79 Å². The third-order valence-corrected chi connectivity index (χ3v) is 7.33. The summed E-state index contributed by atoms with van der Waals surface area (Å²) < 4.78 is 17.4. The second kappa shape index (κ2) is 11.6. The van der Waals surface area contributed by atoms with E-state index >= 15 is 0 Å². The van der Waals surface area contributed by atoms with Gasteiger partial charge in [0.25, 0.3) is 5.91 Å². The Morgan fingerprint density at radius 3 is 2.49 bits per heavy atom. The third-order valence-electron chi connectivity index (χ3n) is 6.12.